The molecule has 1 unspecified atom stereocenters. The average Bonchev–Trinajstić information content (AvgIpc) is 3.33. The van der Waals surface area contributed by atoms with Gasteiger partial charge in [0, 0.05) is 43.8 Å². The number of aromatic amines is 1. The van der Waals surface area contributed by atoms with Crippen LogP contribution in [0.3, 0.4) is 0 Å². The first-order chi connectivity index (χ1) is 15.5. The summed E-state index contributed by atoms with van der Waals surface area (Å²) in [7, 11) is 1.52. The maximum atomic E-state index is 12.9. The summed E-state index contributed by atoms with van der Waals surface area (Å²) in [5, 5.41) is 10.5. The van der Waals surface area contributed by atoms with Crippen LogP contribution < -0.4 is 10.1 Å². The van der Waals surface area contributed by atoms with Gasteiger partial charge in [0.15, 0.2) is 5.69 Å². The van der Waals surface area contributed by atoms with Gasteiger partial charge in [0.2, 0.25) is 11.8 Å². The normalized spacial score (nSPS) is 19.6. The Kier molecular flexibility index (Phi) is 7.26. The molecule has 2 amide bonds. The highest BCUT2D eigenvalue weighted by Crippen LogP contribution is 2.29. The second kappa shape index (κ2) is 10.3. The number of methoxy groups -OCH3 is 1. The summed E-state index contributed by atoms with van der Waals surface area (Å²) in [5.41, 5.74) is 1.58. The summed E-state index contributed by atoms with van der Waals surface area (Å²) in [6.45, 7) is 3.25. The molecule has 2 fully saturated rings. The minimum Gasteiger partial charge on any atom is -0.481 e. The summed E-state index contributed by atoms with van der Waals surface area (Å²) in [6.07, 6.45) is 4.93. The van der Waals surface area contributed by atoms with Crippen molar-refractivity contribution in [2.75, 3.05) is 40.0 Å². The monoisotopic (exact) mass is 461 g/mol. The van der Waals surface area contributed by atoms with E-state index in [1.54, 1.807) is 17.0 Å². The highest BCUT2D eigenvalue weighted by atomic mass is 35.5. The quantitative estimate of drug-likeness (QED) is 0.684. The minimum atomic E-state index is -0.164. The highest BCUT2D eigenvalue weighted by molar-refractivity contribution is 6.33. The van der Waals surface area contributed by atoms with Crippen molar-refractivity contribution < 1.29 is 19.1 Å². The lowest BCUT2D eigenvalue weighted by Gasteiger charge is -2.31. The number of nitrogens with zero attached hydrogens (tertiary/aromatic N) is 3. The van der Waals surface area contributed by atoms with Gasteiger partial charge >= 0.3 is 0 Å². The molecule has 0 aliphatic carbocycles. The third-order valence-corrected chi connectivity index (χ3v) is 6.40. The van der Waals surface area contributed by atoms with E-state index in [9.17, 15) is 9.59 Å². The van der Waals surface area contributed by atoms with Gasteiger partial charge in [-0.2, -0.15) is 5.10 Å². The van der Waals surface area contributed by atoms with E-state index >= 15 is 0 Å². The first kappa shape index (κ1) is 22.5. The summed E-state index contributed by atoms with van der Waals surface area (Å²) in [4.78, 5) is 31.3. The molecule has 2 aliphatic heterocycles. The van der Waals surface area contributed by atoms with Crippen LogP contribution in [0.5, 0.6) is 5.88 Å². The molecular weight excluding hydrogens is 434 g/mol. The Balaban J connectivity index is 1.30. The molecule has 2 aromatic rings. The van der Waals surface area contributed by atoms with E-state index in [0.29, 0.717) is 66.2 Å². The number of aromatic nitrogens is 3. The Labute approximate surface area is 191 Å². The largest absolute Gasteiger partial charge is 0.481 e. The molecule has 2 aliphatic rings. The molecule has 4 rings (SSSR count). The fourth-order valence-electron chi connectivity index (χ4n) is 4.17. The van der Waals surface area contributed by atoms with E-state index in [2.05, 4.69) is 20.5 Å². The third-order valence-electron chi connectivity index (χ3n) is 6.10. The average molecular weight is 462 g/mol. The van der Waals surface area contributed by atoms with Gasteiger partial charge in [-0.05, 0) is 37.7 Å². The molecule has 10 heteroatoms. The van der Waals surface area contributed by atoms with Crippen LogP contribution in [0, 0.1) is 11.8 Å². The zero-order valence-corrected chi connectivity index (χ0v) is 18.9. The van der Waals surface area contributed by atoms with Gasteiger partial charge in [-0.3, -0.25) is 14.7 Å². The molecule has 1 atom stereocenters. The van der Waals surface area contributed by atoms with Gasteiger partial charge in [-0.1, -0.05) is 11.6 Å². The summed E-state index contributed by atoms with van der Waals surface area (Å²) >= 11 is 6.24. The molecule has 9 nitrogen and oxygen atoms in total. The SMILES string of the molecule is COc1cc(-c2cc(C(=O)N3CCC(C(=O)NCC4CCCOC4)CC3)n[nH]2)c(Cl)cn1. The van der Waals surface area contributed by atoms with Gasteiger partial charge < -0.3 is 19.7 Å². The molecule has 2 N–H and O–H groups in total. The van der Waals surface area contributed by atoms with Gasteiger partial charge in [0.1, 0.15) is 0 Å². The number of hydrogen-bond donors (Lipinski definition) is 2. The summed E-state index contributed by atoms with van der Waals surface area (Å²) in [5.74, 6) is 0.663. The minimum absolute atomic E-state index is 0.0682. The molecular formula is C22H28ClN5O4. The number of nitrogens with one attached hydrogen (secondary N) is 2. The van der Waals surface area contributed by atoms with E-state index in [4.69, 9.17) is 21.1 Å². The van der Waals surface area contributed by atoms with Crippen molar-refractivity contribution in [3.05, 3.63) is 29.0 Å². The van der Waals surface area contributed by atoms with E-state index in [1.165, 1.54) is 13.3 Å². The van der Waals surface area contributed by atoms with Crippen molar-refractivity contribution in [2.45, 2.75) is 25.7 Å². The Morgan fingerprint density at radius 3 is 2.84 bits per heavy atom. The zero-order chi connectivity index (χ0) is 22.5. The topological polar surface area (TPSA) is 109 Å². The number of carbonyl (C=O) groups excluding carboxylic acids is 2. The number of H-pyrrole nitrogens is 1. The van der Waals surface area contributed by atoms with Crippen LogP contribution in [0.25, 0.3) is 11.3 Å². The molecule has 0 bridgehead atoms. The van der Waals surface area contributed by atoms with Gasteiger partial charge in [0.25, 0.3) is 5.91 Å². The van der Waals surface area contributed by atoms with Crippen molar-refractivity contribution >= 4 is 23.4 Å². The van der Waals surface area contributed by atoms with Crippen LogP contribution in [0.15, 0.2) is 18.3 Å². The maximum Gasteiger partial charge on any atom is 0.274 e. The van der Waals surface area contributed by atoms with E-state index in [0.717, 1.165) is 26.1 Å². The van der Waals surface area contributed by atoms with Crippen LogP contribution in [-0.4, -0.2) is 71.9 Å². The Morgan fingerprint density at radius 1 is 1.31 bits per heavy atom. The lowest BCUT2D eigenvalue weighted by Crippen LogP contribution is -2.44. The second-order valence-corrected chi connectivity index (χ2v) is 8.68. The number of amides is 2. The second-order valence-electron chi connectivity index (χ2n) is 8.27. The number of hydrogen-bond acceptors (Lipinski definition) is 6. The molecule has 0 saturated carbocycles. The lowest BCUT2D eigenvalue weighted by atomic mass is 9.95. The third kappa shape index (κ3) is 5.21. The Morgan fingerprint density at radius 2 is 2.12 bits per heavy atom. The summed E-state index contributed by atoms with van der Waals surface area (Å²) < 4.78 is 10.6. The number of ether oxygens (including phenoxy) is 2. The first-order valence-electron chi connectivity index (χ1n) is 10.9. The van der Waals surface area contributed by atoms with Crippen molar-refractivity contribution in [1.82, 2.24) is 25.4 Å². The fraction of sp³-hybridized carbons (Fsp3) is 0.545. The Hall–Kier alpha value is -2.65. The molecule has 2 aromatic heterocycles. The van der Waals surface area contributed by atoms with Crippen LogP contribution in [0.2, 0.25) is 5.02 Å². The first-order valence-corrected chi connectivity index (χ1v) is 11.3. The number of rotatable bonds is 6. The van der Waals surface area contributed by atoms with Crippen molar-refractivity contribution in [1.29, 1.82) is 0 Å². The van der Waals surface area contributed by atoms with Crippen molar-refractivity contribution in [3.63, 3.8) is 0 Å². The highest BCUT2D eigenvalue weighted by Gasteiger charge is 2.29. The van der Waals surface area contributed by atoms with Gasteiger partial charge in [-0.15, -0.1) is 0 Å². The van der Waals surface area contributed by atoms with Gasteiger partial charge in [-0.25, -0.2) is 4.98 Å². The Bertz CT molecular complexity index is 952. The van der Waals surface area contributed by atoms with Crippen molar-refractivity contribution in [2.24, 2.45) is 11.8 Å². The number of likely N-dealkylation sites (tertiary alicyclic amines) is 1. The molecule has 32 heavy (non-hydrogen) atoms. The standard InChI is InChI=1S/C22H28ClN5O4/c1-31-20-9-16(17(23)12-24-20)18-10-19(27-26-18)22(30)28-6-4-15(5-7-28)21(29)25-11-14-3-2-8-32-13-14/h9-10,12,14-15H,2-8,11,13H2,1H3,(H,25,29)(H,26,27). The van der Waals surface area contributed by atoms with Gasteiger partial charge in [0.05, 0.1) is 30.6 Å². The number of piperidine rings is 1. The van der Waals surface area contributed by atoms with Crippen molar-refractivity contribution in [3.8, 4) is 17.1 Å². The molecule has 0 radical (unpaired) electrons. The van der Waals surface area contributed by atoms with E-state index in [1.807, 2.05) is 0 Å². The van der Waals surface area contributed by atoms with Crippen LogP contribution in [0.4, 0.5) is 0 Å². The lowest BCUT2D eigenvalue weighted by molar-refractivity contribution is -0.126. The zero-order valence-electron chi connectivity index (χ0n) is 18.1. The van der Waals surface area contributed by atoms with E-state index < -0.39 is 0 Å². The predicted octanol–water partition coefficient (Wildman–Crippen LogP) is 2.53. The number of carbonyl (C=O) groups is 2. The number of pyridine rings is 1. The fourth-order valence-corrected chi connectivity index (χ4v) is 4.38. The van der Waals surface area contributed by atoms with Crippen LogP contribution in [-0.2, 0) is 9.53 Å². The van der Waals surface area contributed by atoms with E-state index in [-0.39, 0.29) is 17.7 Å². The molecule has 172 valence electrons. The maximum absolute atomic E-state index is 12.9. The molecule has 0 spiro atoms. The molecule has 0 aromatic carbocycles. The summed E-state index contributed by atoms with van der Waals surface area (Å²) in [6, 6.07) is 3.36. The molecule has 4 heterocycles. The number of halogens is 1. The van der Waals surface area contributed by atoms with Crippen LogP contribution >= 0.6 is 11.6 Å². The predicted molar refractivity (Wildman–Crippen MR) is 119 cm³/mol. The molecule has 2 saturated heterocycles. The smallest absolute Gasteiger partial charge is 0.274 e. The van der Waals surface area contributed by atoms with Crippen LogP contribution in [0.1, 0.15) is 36.2 Å².